The predicted molar refractivity (Wildman–Crippen MR) is 115 cm³/mol. The topological polar surface area (TPSA) is 129 Å². The highest BCUT2D eigenvalue weighted by atomic mass is 16.6. The van der Waals surface area contributed by atoms with Gasteiger partial charge >= 0.3 is 17.6 Å². The molecular weight excluding hydrogens is 432 g/mol. The van der Waals surface area contributed by atoms with Crippen molar-refractivity contribution in [2.75, 3.05) is 13.7 Å². The molecule has 33 heavy (non-hydrogen) atoms. The number of rotatable bonds is 5. The fraction of sp³-hybridized carbons (Fsp3) is 0.250. The number of ketones is 1. The third-order valence-electron chi connectivity index (χ3n) is 5.50. The number of esters is 2. The van der Waals surface area contributed by atoms with Crippen molar-refractivity contribution in [3.05, 3.63) is 63.0 Å². The van der Waals surface area contributed by atoms with Crippen LogP contribution in [0.5, 0.6) is 17.2 Å². The number of benzene rings is 2. The Morgan fingerprint density at radius 3 is 2.64 bits per heavy atom. The third kappa shape index (κ3) is 3.82. The van der Waals surface area contributed by atoms with Crippen LogP contribution in [0, 0.1) is 6.92 Å². The van der Waals surface area contributed by atoms with Crippen molar-refractivity contribution in [1.82, 2.24) is 0 Å². The van der Waals surface area contributed by atoms with Crippen molar-refractivity contribution in [1.29, 1.82) is 0 Å². The largest absolute Gasteiger partial charge is 0.506 e. The average molecular weight is 452 g/mol. The molecule has 0 amide bonds. The number of carbonyl (C=O) groups excluding carboxylic acids is 3. The van der Waals surface area contributed by atoms with Gasteiger partial charge in [-0.05, 0) is 25.5 Å². The van der Waals surface area contributed by atoms with E-state index >= 15 is 0 Å². The molecule has 0 spiro atoms. The maximum absolute atomic E-state index is 12.6. The van der Waals surface area contributed by atoms with Crippen LogP contribution in [0.25, 0.3) is 11.0 Å². The van der Waals surface area contributed by atoms with E-state index in [4.69, 9.17) is 13.9 Å². The van der Waals surface area contributed by atoms with E-state index in [1.54, 1.807) is 31.2 Å². The van der Waals surface area contributed by atoms with E-state index in [-0.39, 0.29) is 40.9 Å². The Labute approximate surface area is 187 Å². The van der Waals surface area contributed by atoms with Crippen molar-refractivity contribution >= 4 is 28.7 Å². The minimum absolute atomic E-state index is 0.0118. The summed E-state index contributed by atoms with van der Waals surface area (Å²) in [6.07, 6.45) is -0.152. The second kappa shape index (κ2) is 8.42. The Balaban J connectivity index is 2.04. The van der Waals surface area contributed by atoms with Crippen LogP contribution in [0.3, 0.4) is 0 Å². The molecule has 0 radical (unpaired) electrons. The summed E-state index contributed by atoms with van der Waals surface area (Å²) in [5.74, 6) is -2.81. The lowest BCUT2D eigenvalue weighted by Crippen LogP contribution is -2.24. The summed E-state index contributed by atoms with van der Waals surface area (Å²) in [5.41, 5.74) is 0.337. The van der Waals surface area contributed by atoms with E-state index in [2.05, 4.69) is 4.74 Å². The monoisotopic (exact) mass is 452 g/mol. The van der Waals surface area contributed by atoms with Gasteiger partial charge in [-0.1, -0.05) is 18.2 Å². The van der Waals surface area contributed by atoms with Crippen molar-refractivity contribution < 1.29 is 38.1 Å². The predicted octanol–water partition coefficient (Wildman–Crippen LogP) is 3.00. The summed E-state index contributed by atoms with van der Waals surface area (Å²) in [6.45, 7) is 2.48. The highest BCUT2D eigenvalue weighted by Crippen LogP contribution is 2.50. The number of hydrogen-bond donors (Lipinski definition) is 1. The molecule has 0 saturated carbocycles. The smallest absolute Gasteiger partial charge is 0.343 e. The number of carbonyl (C=O) groups is 3. The molecule has 0 bridgehead atoms. The fourth-order valence-electron chi connectivity index (χ4n) is 4.10. The standard InChI is InChI=1S/C24H20O9/c1-11-8-16(26)32-23-19(11)22(29)20(12(2)25)24-21(23)14(9-17(27)33-24)13-6-4-5-7-15(13)31-10-18(28)30-3/h4-8,14,29H,9-10H2,1-3H3/t14-/m1/s1. The van der Waals surface area contributed by atoms with Crippen molar-refractivity contribution in [3.63, 3.8) is 0 Å². The Kier molecular flexibility index (Phi) is 5.63. The molecule has 9 nitrogen and oxygen atoms in total. The molecule has 0 saturated heterocycles. The number of aromatic hydroxyl groups is 1. The van der Waals surface area contributed by atoms with Crippen LogP contribution in [0.15, 0.2) is 39.5 Å². The van der Waals surface area contributed by atoms with Crippen molar-refractivity contribution in [3.8, 4) is 17.2 Å². The SMILES string of the molecule is COC(=O)COc1ccccc1[C@H]1CC(=O)Oc2c(C(C)=O)c(O)c3c(C)cc(=O)oc3c21. The van der Waals surface area contributed by atoms with E-state index in [9.17, 15) is 24.3 Å². The van der Waals surface area contributed by atoms with Gasteiger partial charge in [0.25, 0.3) is 0 Å². The zero-order valence-corrected chi connectivity index (χ0v) is 18.1. The molecule has 3 aromatic rings. The van der Waals surface area contributed by atoms with Crippen LogP contribution in [0.2, 0.25) is 0 Å². The highest BCUT2D eigenvalue weighted by Gasteiger charge is 2.38. The molecule has 1 aliphatic heterocycles. The van der Waals surface area contributed by atoms with Gasteiger partial charge in [-0.2, -0.15) is 0 Å². The van der Waals surface area contributed by atoms with E-state index in [1.165, 1.54) is 20.1 Å². The maximum Gasteiger partial charge on any atom is 0.343 e. The first-order chi connectivity index (χ1) is 15.7. The number of para-hydroxylation sites is 1. The van der Waals surface area contributed by atoms with Gasteiger partial charge in [-0.3, -0.25) is 9.59 Å². The van der Waals surface area contributed by atoms with E-state index < -0.39 is 35.0 Å². The second-order valence-electron chi connectivity index (χ2n) is 7.61. The summed E-state index contributed by atoms with van der Waals surface area (Å²) >= 11 is 0. The molecule has 0 aliphatic carbocycles. The number of Topliss-reactive ketones (excluding diaryl/α,β-unsaturated/α-hetero) is 1. The average Bonchev–Trinajstić information content (AvgIpc) is 2.76. The summed E-state index contributed by atoms with van der Waals surface area (Å²) < 4.78 is 21.1. The molecule has 9 heteroatoms. The number of fused-ring (bicyclic) bond motifs is 3. The molecule has 2 aromatic carbocycles. The Morgan fingerprint density at radius 1 is 1.21 bits per heavy atom. The number of aryl methyl sites for hydroxylation is 1. The first-order valence-electron chi connectivity index (χ1n) is 10.1. The molecule has 0 unspecified atom stereocenters. The van der Waals surface area contributed by atoms with Gasteiger partial charge in [0.1, 0.15) is 22.6 Å². The van der Waals surface area contributed by atoms with Gasteiger partial charge in [0.15, 0.2) is 18.1 Å². The lowest BCUT2D eigenvalue weighted by Gasteiger charge is -2.28. The number of methoxy groups -OCH3 is 1. The lowest BCUT2D eigenvalue weighted by molar-refractivity contribution is -0.143. The van der Waals surface area contributed by atoms with Crippen LogP contribution < -0.4 is 15.1 Å². The van der Waals surface area contributed by atoms with Gasteiger partial charge in [0.2, 0.25) is 0 Å². The van der Waals surface area contributed by atoms with E-state index in [0.29, 0.717) is 16.9 Å². The number of hydrogen-bond acceptors (Lipinski definition) is 9. The molecule has 1 aromatic heterocycles. The molecule has 1 atom stereocenters. The molecule has 2 heterocycles. The first kappa shape index (κ1) is 22.1. The first-order valence-corrected chi connectivity index (χ1v) is 10.1. The maximum atomic E-state index is 12.6. The minimum Gasteiger partial charge on any atom is -0.506 e. The number of phenols is 1. The van der Waals surface area contributed by atoms with Crippen LogP contribution in [0.4, 0.5) is 0 Å². The molecule has 4 rings (SSSR count). The quantitative estimate of drug-likeness (QED) is 0.269. The molecule has 1 aliphatic rings. The van der Waals surface area contributed by atoms with Crippen LogP contribution in [-0.2, 0) is 14.3 Å². The fourth-order valence-corrected chi connectivity index (χ4v) is 4.10. The second-order valence-corrected chi connectivity index (χ2v) is 7.61. The summed E-state index contributed by atoms with van der Waals surface area (Å²) in [7, 11) is 1.23. The Morgan fingerprint density at radius 2 is 1.94 bits per heavy atom. The van der Waals surface area contributed by atoms with Gasteiger partial charge in [-0.15, -0.1) is 0 Å². The summed E-state index contributed by atoms with van der Waals surface area (Å²) in [6, 6.07) is 7.93. The number of phenolic OH excluding ortho intramolecular Hbond substituents is 1. The molecular formula is C24H20O9. The zero-order valence-electron chi connectivity index (χ0n) is 18.1. The molecule has 170 valence electrons. The molecule has 1 N–H and O–H groups in total. The lowest BCUT2D eigenvalue weighted by atomic mass is 9.82. The van der Waals surface area contributed by atoms with Crippen molar-refractivity contribution in [2.24, 2.45) is 0 Å². The minimum atomic E-state index is -0.749. The Hall–Kier alpha value is -4.14. The Bertz CT molecular complexity index is 1370. The number of ether oxygens (including phenoxy) is 3. The van der Waals surface area contributed by atoms with Crippen LogP contribution >= 0.6 is 0 Å². The van der Waals surface area contributed by atoms with Crippen LogP contribution in [-0.4, -0.2) is 36.5 Å². The third-order valence-corrected chi connectivity index (χ3v) is 5.50. The van der Waals surface area contributed by atoms with Gasteiger partial charge in [0, 0.05) is 23.1 Å². The zero-order chi connectivity index (χ0) is 23.9. The summed E-state index contributed by atoms with van der Waals surface area (Å²) in [5, 5.41) is 11.0. The van der Waals surface area contributed by atoms with Crippen molar-refractivity contribution in [2.45, 2.75) is 26.2 Å². The van der Waals surface area contributed by atoms with Gasteiger partial charge in [0.05, 0.1) is 18.9 Å². The van der Waals surface area contributed by atoms with E-state index in [1.807, 2.05) is 0 Å². The van der Waals surface area contributed by atoms with Gasteiger partial charge in [-0.25, -0.2) is 9.59 Å². The highest BCUT2D eigenvalue weighted by molar-refractivity contribution is 6.09. The van der Waals surface area contributed by atoms with Gasteiger partial charge < -0.3 is 23.7 Å². The van der Waals surface area contributed by atoms with Crippen LogP contribution in [0.1, 0.15) is 46.3 Å². The normalized spacial score (nSPS) is 15.0. The summed E-state index contributed by atoms with van der Waals surface area (Å²) in [4.78, 5) is 48.8. The van der Waals surface area contributed by atoms with E-state index in [0.717, 1.165) is 0 Å². The molecule has 0 fully saturated rings.